The average Bonchev–Trinajstić information content (AvgIpc) is 3.12. The van der Waals surface area contributed by atoms with Crippen LogP contribution in [-0.2, 0) is 11.2 Å². The zero-order chi connectivity index (χ0) is 20.3. The zero-order valence-electron chi connectivity index (χ0n) is 16.5. The number of amides is 1. The Morgan fingerprint density at radius 2 is 2.04 bits per heavy atom. The molecule has 1 saturated heterocycles. The summed E-state index contributed by atoms with van der Waals surface area (Å²) in [7, 11) is 0. The third kappa shape index (κ3) is 4.69. The van der Waals surface area contributed by atoms with Gasteiger partial charge in [0.2, 0.25) is 0 Å². The van der Waals surface area contributed by atoms with Crippen LogP contribution in [0.5, 0.6) is 0 Å². The van der Waals surface area contributed by atoms with E-state index in [1.165, 1.54) is 6.07 Å². The van der Waals surface area contributed by atoms with Gasteiger partial charge in [-0.05, 0) is 45.2 Å². The number of ether oxygens (including phenoxy) is 1. The van der Waals surface area contributed by atoms with Crippen molar-refractivity contribution in [2.24, 2.45) is 0 Å². The van der Waals surface area contributed by atoms with Gasteiger partial charge in [-0.3, -0.25) is 4.68 Å². The van der Waals surface area contributed by atoms with Gasteiger partial charge in [0, 0.05) is 30.4 Å². The van der Waals surface area contributed by atoms with Crippen molar-refractivity contribution in [3.8, 4) is 17.2 Å². The summed E-state index contributed by atoms with van der Waals surface area (Å²) in [5.41, 5.74) is 1.46. The quantitative estimate of drug-likeness (QED) is 0.790. The van der Waals surface area contributed by atoms with E-state index >= 15 is 0 Å². The summed E-state index contributed by atoms with van der Waals surface area (Å²) in [4.78, 5) is 13.9. The molecule has 1 aliphatic rings. The number of carbonyl (C=O) groups is 1. The summed E-state index contributed by atoms with van der Waals surface area (Å²) in [6, 6.07) is 7.05. The second kappa shape index (κ2) is 8.01. The third-order valence-corrected chi connectivity index (χ3v) is 4.75. The molecule has 0 saturated carbocycles. The Bertz CT molecular complexity index is 887. The lowest BCUT2D eigenvalue weighted by Crippen LogP contribution is -2.42. The van der Waals surface area contributed by atoms with Gasteiger partial charge in [0.1, 0.15) is 11.4 Å². The molecule has 1 aromatic carbocycles. The SMILES string of the molecule is CC(C)(C)OC(=O)N1CCC(n2cc(-c3ccc(CC#N)c(F)c3)cn2)CC1. The maximum atomic E-state index is 14.1. The zero-order valence-corrected chi connectivity index (χ0v) is 16.5. The topological polar surface area (TPSA) is 71.2 Å². The molecule has 7 heteroatoms. The highest BCUT2D eigenvalue weighted by Gasteiger charge is 2.27. The molecule has 0 spiro atoms. The number of aromatic nitrogens is 2. The molecule has 0 aliphatic carbocycles. The Morgan fingerprint density at radius 3 is 2.64 bits per heavy atom. The van der Waals surface area contributed by atoms with Crippen molar-refractivity contribution in [2.75, 3.05) is 13.1 Å². The molecule has 28 heavy (non-hydrogen) atoms. The number of halogens is 1. The number of carbonyl (C=O) groups excluding carboxylic acids is 1. The summed E-state index contributed by atoms with van der Waals surface area (Å²) in [6.07, 6.45) is 4.98. The standard InChI is InChI=1S/C21H25FN4O2/c1-21(2,3)28-20(27)25-10-7-18(8-11-25)26-14-17(13-24-26)16-5-4-15(6-9-23)19(22)12-16/h4-5,12-14,18H,6-8,10-11H2,1-3H3. The third-order valence-electron chi connectivity index (χ3n) is 4.75. The minimum absolute atomic E-state index is 0.0571. The molecule has 0 atom stereocenters. The molecule has 0 unspecified atom stereocenters. The lowest BCUT2D eigenvalue weighted by molar-refractivity contribution is 0.0185. The first-order chi connectivity index (χ1) is 13.3. The van der Waals surface area contributed by atoms with Crippen molar-refractivity contribution in [1.82, 2.24) is 14.7 Å². The van der Waals surface area contributed by atoms with Gasteiger partial charge in [-0.25, -0.2) is 9.18 Å². The smallest absolute Gasteiger partial charge is 0.410 e. The van der Waals surface area contributed by atoms with Crippen LogP contribution in [0.2, 0.25) is 0 Å². The molecule has 1 fully saturated rings. The molecule has 3 rings (SSSR count). The van der Waals surface area contributed by atoms with Gasteiger partial charge in [0.15, 0.2) is 0 Å². The maximum absolute atomic E-state index is 14.1. The van der Waals surface area contributed by atoms with Gasteiger partial charge in [-0.1, -0.05) is 12.1 Å². The molecule has 1 amide bonds. The normalized spacial score (nSPS) is 15.3. The minimum atomic E-state index is -0.497. The number of hydrogen-bond acceptors (Lipinski definition) is 4. The molecule has 2 heterocycles. The van der Waals surface area contributed by atoms with E-state index in [1.54, 1.807) is 17.2 Å². The fraction of sp³-hybridized carbons (Fsp3) is 0.476. The van der Waals surface area contributed by atoms with Gasteiger partial charge in [0.05, 0.1) is 24.7 Å². The first-order valence-electron chi connectivity index (χ1n) is 9.44. The van der Waals surface area contributed by atoms with Crippen LogP contribution in [0.3, 0.4) is 0 Å². The van der Waals surface area contributed by atoms with Crippen LogP contribution in [0.1, 0.15) is 45.2 Å². The van der Waals surface area contributed by atoms with Crippen molar-refractivity contribution in [1.29, 1.82) is 5.26 Å². The van der Waals surface area contributed by atoms with Crippen molar-refractivity contribution < 1.29 is 13.9 Å². The summed E-state index contributed by atoms with van der Waals surface area (Å²) >= 11 is 0. The predicted octanol–water partition coefficient (Wildman–Crippen LogP) is 4.33. The van der Waals surface area contributed by atoms with E-state index in [9.17, 15) is 9.18 Å². The molecule has 148 valence electrons. The fourth-order valence-corrected chi connectivity index (χ4v) is 3.28. The fourth-order valence-electron chi connectivity index (χ4n) is 3.28. The first-order valence-corrected chi connectivity index (χ1v) is 9.44. The van der Waals surface area contributed by atoms with Crippen LogP contribution < -0.4 is 0 Å². The van der Waals surface area contributed by atoms with Crippen LogP contribution in [0, 0.1) is 17.1 Å². The molecule has 2 aromatic rings. The summed E-state index contributed by atoms with van der Waals surface area (Å²) in [5, 5.41) is 13.2. The van der Waals surface area contributed by atoms with E-state index < -0.39 is 5.60 Å². The Balaban J connectivity index is 1.63. The van der Waals surface area contributed by atoms with Gasteiger partial charge >= 0.3 is 6.09 Å². The van der Waals surface area contributed by atoms with Crippen LogP contribution >= 0.6 is 0 Å². The number of rotatable bonds is 3. The Kier molecular flexibility index (Phi) is 5.68. The monoisotopic (exact) mass is 384 g/mol. The van der Waals surface area contributed by atoms with Crippen molar-refractivity contribution >= 4 is 6.09 Å². The number of benzene rings is 1. The number of nitrogens with zero attached hydrogens (tertiary/aromatic N) is 4. The maximum Gasteiger partial charge on any atom is 0.410 e. The predicted molar refractivity (Wildman–Crippen MR) is 103 cm³/mol. The van der Waals surface area contributed by atoms with E-state index in [0.29, 0.717) is 18.7 Å². The second-order valence-corrected chi connectivity index (χ2v) is 8.05. The van der Waals surface area contributed by atoms with Crippen LogP contribution in [0.15, 0.2) is 30.6 Å². The molecule has 0 bridgehead atoms. The Hall–Kier alpha value is -2.88. The largest absolute Gasteiger partial charge is 0.444 e. The van der Waals surface area contributed by atoms with Gasteiger partial charge < -0.3 is 9.64 Å². The lowest BCUT2D eigenvalue weighted by atomic mass is 10.0. The van der Waals surface area contributed by atoms with Gasteiger partial charge in [-0.2, -0.15) is 10.4 Å². The highest BCUT2D eigenvalue weighted by atomic mass is 19.1. The molecule has 6 nitrogen and oxygen atoms in total. The van der Waals surface area contributed by atoms with Crippen molar-refractivity contribution in [3.63, 3.8) is 0 Å². The highest BCUT2D eigenvalue weighted by Crippen LogP contribution is 2.27. The average molecular weight is 384 g/mol. The van der Waals surface area contributed by atoms with Crippen molar-refractivity contribution in [2.45, 2.75) is 51.7 Å². The van der Waals surface area contributed by atoms with Gasteiger partial charge in [-0.15, -0.1) is 0 Å². The highest BCUT2D eigenvalue weighted by molar-refractivity contribution is 5.68. The number of nitriles is 1. The number of likely N-dealkylation sites (tertiary alicyclic amines) is 1. The summed E-state index contributed by atoms with van der Waals surface area (Å²) < 4.78 is 21.4. The lowest BCUT2D eigenvalue weighted by Gasteiger charge is -2.33. The number of hydrogen-bond donors (Lipinski definition) is 0. The van der Waals surface area contributed by atoms with Crippen LogP contribution in [-0.4, -0.2) is 39.5 Å². The molecule has 1 aliphatic heterocycles. The van der Waals surface area contributed by atoms with E-state index in [4.69, 9.17) is 10.00 Å². The number of piperidine rings is 1. The van der Waals surface area contributed by atoms with E-state index in [2.05, 4.69) is 5.10 Å². The molecule has 0 N–H and O–H groups in total. The molecule has 1 aromatic heterocycles. The minimum Gasteiger partial charge on any atom is -0.444 e. The van der Waals surface area contributed by atoms with E-state index in [1.807, 2.05) is 43.8 Å². The van der Waals surface area contributed by atoms with Crippen LogP contribution in [0.4, 0.5) is 9.18 Å². The molecular weight excluding hydrogens is 359 g/mol. The first kappa shape index (κ1) is 19.9. The second-order valence-electron chi connectivity index (χ2n) is 8.05. The van der Waals surface area contributed by atoms with Gasteiger partial charge in [0.25, 0.3) is 0 Å². The molecule has 0 radical (unpaired) electrons. The van der Waals surface area contributed by atoms with E-state index in [-0.39, 0.29) is 24.4 Å². The molecular formula is C21H25FN4O2. The van der Waals surface area contributed by atoms with Crippen molar-refractivity contribution in [3.05, 3.63) is 42.0 Å². The summed E-state index contributed by atoms with van der Waals surface area (Å²) in [6.45, 7) is 6.81. The summed E-state index contributed by atoms with van der Waals surface area (Å²) in [5.74, 6) is -0.377. The Morgan fingerprint density at radius 1 is 1.32 bits per heavy atom. The Labute approximate surface area is 164 Å². The van der Waals surface area contributed by atoms with Crippen LogP contribution in [0.25, 0.3) is 11.1 Å². The van der Waals surface area contributed by atoms with E-state index in [0.717, 1.165) is 24.0 Å².